The van der Waals surface area contributed by atoms with Crippen LogP contribution in [0.2, 0.25) is 0 Å². The van der Waals surface area contributed by atoms with Crippen molar-refractivity contribution in [3.8, 4) is 17.6 Å². The van der Waals surface area contributed by atoms with Crippen LogP contribution in [0.5, 0.6) is 5.75 Å². The first-order valence-corrected chi connectivity index (χ1v) is 11.3. The van der Waals surface area contributed by atoms with E-state index in [0.29, 0.717) is 5.82 Å². The van der Waals surface area contributed by atoms with Crippen LogP contribution in [0.3, 0.4) is 0 Å². The molecule has 0 aliphatic heterocycles. The van der Waals surface area contributed by atoms with E-state index < -0.39 is 10.0 Å². The second kappa shape index (κ2) is 7.98. The van der Waals surface area contributed by atoms with Crippen molar-refractivity contribution in [2.75, 3.05) is 11.8 Å². The fraction of sp³-hybridized carbons (Fsp3) is 0.174. The summed E-state index contributed by atoms with van der Waals surface area (Å²) in [4.78, 5) is 4.58. The predicted molar refractivity (Wildman–Crippen MR) is 122 cm³/mol. The highest BCUT2D eigenvalue weighted by atomic mass is 32.2. The molecule has 0 atom stereocenters. The van der Waals surface area contributed by atoms with Gasteiger partial charge in [-0.2, -0.15) is 15.0 Å². The number of nitrogens with zero attached hydrogens (tertiary/aromatic N) is 4. The van der Waals surface area contributed by atoms with Crippen molar-refractivity contribution < 1.29 is 13.2 Å². The number of nitriles is 1. The van der Waals surface area contributed by atoms with Crippen LogP contribution in [-0.4, -0.2) is 30.3 Å². The van der Waals surface area contributed by atoms with Gasteiger partial charge in [0, 0.05) is 5.39 Å². The van der Waals surface area contributed by atoms with Crippen LogP contribution < -0.4 is 9.46 Å². The molecule has 0 fully saturated rings. The molecular formula is C23H21N5O3S. The third kappa shape index (κ3) is 3.65. The van der Waals surface area contributed by atoms with Gasteiger partial charge in [-0.15, -0.1) is 0 Å². The lowest BCUT2D eigenvalue weighted by atomic mass is 10.1. The normalized spacial score (nSPS) is 11.3. The highest BCUT2D eigenvalue weighted by Crippen LogP contribution is 2.31. The number of rotatable bonds is 5. The minimum atomic E-state index is -4.10. The van der Waals surface area contributed by atoms with Crippen molar-refractivity contribution in [2.45, 2.75) is 25.7 Å². The Morgan fingerprint density at radius 1 is 1.06 bits per heavy atom. The molecule has 0 bridgehead atoms. The third-order valence-electron chi connectivity index (χ3n) is 5.32. The van der Waals surface area contributed by atoms with Gasteiger partial charge in [-0.1, -0.05) is 18.2 Å². The number of aryl methyl sites for hydroxylation is 3. The van der Waals surface area contributed by atoms with Gasteiger partial charge < -0.3 is 4.74 Å². The van der Waals surface area contributed by atoms with Crippen molar-refractivity contribution in [3.63, 3.8) is 0 Å². The number of pyridine rings is 1. The Morgan fingerprint density at radius 3 is 2.50 bits per heavy atom. The van der Waals surface area contributed by atoms with E-state index in [2.05, 4.69) is 14.8 Å². The first kappa shape index (κ1) is 21.3. The summed E-state index contributed by atoms with van der Waals surface area (Å²) in [5.41, 5.74) is 3.46. The summed E-state index contributed by atoms with van der Waals surface area (Å²) in [6.45, 7) is 5.63. The lowest BCUT2D eigenvalue weighted by Gasteiger charge is -2.15. The molecule has 2 aromatic carbocycles. The molecule has 0 amide bonds. The van der Waals surface area contributed by atoms with Crippen molar-refractivity contribution in [2.24, 2.45) is 0 Å². The lowest BCUT2D eigenvalue weighted by molar-refractivity contribution is 0.402. The summed E-state index contributed by atoms with van der Waals surface area (Å²) < 4.78 is 35.8. The van der Waals surface area contributed by atoms with Crippen molar-refractivity contribution >= 4 is 26.7 Å². The zero-order valence-corrected chi connectivity index (χ0v) is 18.9. The number of hydrogen-bond acceptors (Lipinski definition) is 6. The topological polar surface area (TPSA) is 110 Å². The Kier molecular flexibility index (Phi) is 5.32. The fourth-order valence-electron chi connectivity index (χ4n) is 3.46. The van der Waals surface area contributed by atoms with Crippen molar-refractivity contribution in [1.29, 1.82) is 5.26 Å². The smallest absolute Gasteiger partial charge is 0.266 e. The molecule has 0 aliphatic carbocycles. The molecule has 32 heavy (non-hydrogen) atoms. The minimum Gasteiger partial charge on any atom is -0.495 e. The maximum Gasteiger partial charge on any atom is 0.266 e. The average Bonchev–Trinajstić information content (AvgIpc) is 3.17. The Balaban J connectivity index is 1.86. The molecule has 0 spiro atoms. The maximum absolute atomic E-state index is 13.3. The molecule has 0 unspecified atom stereocenters. The van der Waals surface area contributed by atoms with Crippen LogP contribution in [0, 0.1) is 32.1 Å². The zero-order chi connectivity index (χ0) is 23.0. The lowest BCUT2D eigenvalue weighted by Crippen LogP contribution is -2.18. The quantitative estimate of drug-likeness (QED) is 0.495. The molecule has 2 heterocycles. The van der Waals surface area contributed by atoms with E-state index in [9.17, 15) is 13.7 Å². The summed E-state index contributed by atoms with van der Waals surface area (Å²) in [5, 5.41) is 14.8. The van der Waals surface area contributed by atoms with Crippen LogP contribution in [0.4, 0.5) is 5.82 Å². The molecule has 4 aromatic rings. The summed E-state index contributed by atoms with van der Waals surface area (Å²) >= 11 is 0. The number of nitrogens with one attached hydrogen (secondary N) is 1. The molecular weight excluding hydrogens is 426 g/mol. The van der Waals surface area contributed by atoms with Gasteiger partial charge in [0.1, 0.15) is 22.3 Å². The van der Waals surface area contributed by atoms with Crippen LogP contribution >= 0.6 is 0 Å². The van der Waals surface area contributed by atoms with Crippen LogP contribution in [-0.2, 0) is 10.0 Å². The highest BCUT2D eigenvalue weighted by molar-refractivity contribution is 7.92. The fourth-order valence-corrected chi connectivity index (χ4v) is 4.76. The number of anilines is 1. The van der Waals surface area contributed by atoms with Crippen LogP contribution in [0.1, 0.15) is 22.3 Å². The van der Waals surface area contributed by atoms with E-state index in [1.807, 2.05) is 51.1 Å². The van der Waals surface area contributed by atoms with E-state index >= 15 is 0 Å². The highest BCUT2D eigenvalue weighted by Gasteiger charge is 2.25. The van der Waals surface area contributed by atoms with Gasteiger partial charge in [0.25, 0.3) is 10.0 Å². The van der Waals surface area contributed by atoms with Gasteiger partial charge >= 0.3 is 0 Å². The van der Waals surface area contributed by atoms with Gasteiger partial charge in [0.15, 0.2) is 11.6 Å². The monoisotopic (exact) mass is 447 g/mol. The van der Waals surface area contributed by atoms with Gasteiger partial charge in [-0.3, -0.25) is 4.72 Å². The Labute approximate surface area is 186 Å². The van der Waals surface area contributed by atoms with Gasteiger partial charge in [-0.05, 0) is 61.7 Å². The van der Waals surface area contributed by atoms with Gasteiger partial charge in [0.2, 0.25) is 0 Å². The SMILES string of the molecule is COc1cc(C)c(C)cc1S(=O)(=O)Nc1c(C#N)cnn1-c1cc(C)c2ccccc2n1. The Morgan fingerprint density at radius 2 is 1.78 bits per heavy atom. The number of aromatic nitrogens is 3. The Bertz CT molecular complexity index is 1500. The summed E-state index contributed by atoms with van der Waals surface area (Å²) in [6, 6.07) is 14.6. The second-order valence-corrected chi connectivity index (χ2v) is 9.09. The minimum absolute atomic E-state index is 0.00922. The first-order chi connectivity index (χ1) is 15.2. The van der Waals surface area contributed by atoms with E-state index in [1.165, 1.54) is 18.0 Å². The summed E-state index contributed by atoms with van der Waals surface area (Å²) in [5.74, 6) is 0.618. The maximum atomic E-state index is 13.3. The molecule has 0 radical (unpaired) electrons. The molecule has 1 N–H and O–H groups in total. The number of fused-ring (bicyclic) bond motifs is 1. The van der Waals surface area contributed by atoms with E-state index in [4.69, 9.17) is 4.74 Å². The molecule has 9 heteroatoms. The number of sulfonamides is 1. The number of benzene rings is 2. The number of methoxy groups -OCH3 is 1. The molecule has 0 saturated carbocycles. The largest absolute Gasteiger partial charge is 0.495 e. The second-order valence-electron chi connectivity index (χ2n) is 7.44. The standard InChI is InChI=1S/C23H21N5O3S/c1-14-9-20(31-4)21(10-15(14)2)32(29,30)27-23-17(12-24)13-25-28(23)22-11-16(3)18-7-5-6-8-19(18)26-22/h5-11,13,27H,1-4H3. The first-order valence-electron chi connectivity index (χ1n) is 9.78. The molecule has 162 valence electrons. The van der Waals surface area contributed by atoms with Crippen molar-refractivity contribution in [3.05, 3.63) is 70.9 Å². The third-order valence-corrected chi connectivity index (χ3v) is 6.68. The summed E-state index contributed by atoms with van der Waals surface area (Å²) in [6.07, 6.45) is 1.31. The van der Waals surface area contributed by atoms with E-state index in [-0.39, 0.29) is 22.0 Å². The zero-order valence-electron chi connectivity index (χ0n) is 18.0. The Hall–Kier alpha value is -3.90. The molecule has 2 aromatic heterocycles. The summed E-state index contributed by atoms with van der Waals surface area (Å²) in [7, 11) is -2.68. The molecule has 0 saturated heterocycles. The van der Waals surface area contributed by atoms with Gasteiger partial charge in [-0.25, -0.2) is 13.4 Å². The number of hydrogen-bond donors (Lipinski definition) is 1. The predicted octanol–water partition coefficient (Wildman–Crippen LogP) is 4.03. The molecule has 4 rings (SSSR count). The number of ether oxygens (including phenoxy) is 1. The van der Waals surface area contributed by atoms with Crippen LogP contribution in [0.25, 0.3) is 16.7 Å². The van der Waals surface area contributed by atoms with E-state index in [0.717, 1.165) is 27.6 Å². The average molecular weight is 448 g/mol. The van der Waals surface area contributed by atoms with Crippen LogP contribution in [0.15, 0.2) is 53.6 Å². The van der Waals surface area contributed by atoms with Crippen molar-refractivity contribution in [1.82, 2.24) is 14.8 Å². The van der Waals surface area contributed by atoms with Gasteiger partial charge in [0.05, 0.1) is 18.8 Å². The molecule has 8 nitrogen and oxygen atoms in total. The molecule has 0 aliphatic rings. The van der Waals surface area contributed by atoms with E-state index in [1.54, 1.807) is 18.2 Å². The number of para-hydroxylation sites is 1.